The Morgan fingerprint density at radius 3 is 1.18 bits per heavy atom. The largest absolute Gasteiger partial charge is 0.508 e. The molecule has 0 unspecified atom stereocenters. The van der Waals surface area contributed by atoms with Gasteiger partial charge < -0.3 is 14.3 Å². The fourth-order valence-corrected chi connectivity index (χ4v) is 4.87. The van der Waals surface area contributed by atoms with Crippen molar-refractivity contribution in [1.82, 2.24) is 4.98 Å². The van der Waals surface area contributed by atoms with Crippen LogP contribution >= 0.6 is 0 Å². The van der Waals surface area contributed by atoms with E-state index in [1.54, 1.807) is 91.5 Å². The molecule has 8 aromatic rings. The summed E-state index contributed by atoms with van der Waals surface area (Å²) in [7, 11) is 0. The summed E-state index contributed by atoms with van der Waals surface area (Å²) in [5.74, 6) is 1.60. The molecule has 6 aromatic carbocycles. The van der Waals surface area contributed by atoms with Gasteiger partial charge in [0, 0.05) is 51.1 Å². The van der Waals surface area contributed by atoms with E-state index in [2.05, 4.69) is 60.2 Å². The fourth-order valence-electron chi connectivity index (χ4n) is 4.87. The SMILES string of the molecule is CC.CC.CC.CC(=O)Oc1ccccc1.CC(C)=Cc1ccc(N=[N+]=[N-])cc1.CC=Cc1ccc(N=[N+]=[N-])cc1.Cc1ccc(N=[N+]=[N-])cc1.Cc1ccccc1.Cc1ccco1.Oc1ccccc1.c1ccncc1. The number of rotatable bonds is 6. The first-order chi connectivity index (χ1) is 37.4. The number of esters is 1. The van der Waals surface area contributed by atoms with Crippen LogP contribution in [0.15, 0.2) is 244 Å². The predicted molar refractivity (Wildman–Crippen MR) is 323 cm³/mol. The first-order valence-electron chi connectivity index (χ1n) is 24.9. The second kappa shape index (κ2) is 52.7. The lowest BCUT2D eigenvalue weighted by Crippen LogP contribution is -2.00. The number of pyridine rings is 1. The minimum atomic E-state index is -0.286. The van der Waals surface area contributed by atoms with E-state index in [1.165, 1.54) is 18.1 Å². The highest BCUT2D eigenvalue weighted by atomic mass is 16.5. The minimum absolute atomic E-state index is 0.286. The standard InChI is InChI=1S/C10H11N3.C9H9N3.C8H8O2.C7H7N3.C7H8.C6H6O.C5H5N.C5H6O.3C2H6/c1-8(2)7-9-3-5-10(6-4-9)12-13-11;1-2-3-8-4-6-9(7-5-8)11-12-10;1-7(9)10-8-5-3-2-4-6-8;1-6-2-4-7(5-3-6)9-10-8;1-7-5-3-2-4-6-7;7-6-4-2-1-3-5-6;1-2-4-6-5-3-1;1-5-3-2-4-6-5;3*1-2/h3-7H,1-2H3;2-7H,1H3;2-6H,1H3;2-5H,1H3;2-6H,1H3;1-5,7H;1-5H;2-4H,1H3;3*1-2H3. The molecule has 14 nitrogen and oxygen atoms in total. The van der Waals surface area contributed by atoms with Crippen LogP contribution in [0.4, 0.5) is 17.1 Å². The van der Waals surface area contributed by atoms with E-state index < -0.39 is 0 Å². The van der Waals surface area contributed by atoms with Crippen molar-refractivity contribution in [2.24, 2.45) is 15.3 Å². The van der Waals surface area contributed by atoms with Gasteiger partial charge in [-0.3, -0.25) is 9.78 Å². The van der Waals surface area contributed by atoms with Gasteiger partial charge in [0.15, 0.2) is 0 Å². The number of hydrogen-bond donors (Lipinski definition) is 1. The molecule has 8 rings (SSSR count). The molecule has 0 aliphatic heterocycles. The molecule has 0 aliphatic rings. The summed E-state index contributed by atoms with van der Waals surface area (Å²) in [6, 6.07) is 59.7. The minimum Gasteiger partial charge on any atom is -0.508 e. The average Bonchev–Trinajstić information content (AvgIpc) is 3.95. The monoisotopic (exact) mass is 1040 g/mol. The van der Waals surface area contributed by atoms with Crippen LogP contribution in [0, 0.1) is 20.8 Å². The molecule has 404 valence electrons. The van der Waals surface area contributed by atoms with Crippen LogP contribution in [-0.2, 0) is 4.79 Å². The molecular formula is C63H78N10O4. The fraction of sp³-hybridized carbons (Fsp3) is 0.206. The lowest BCUT2D eigenvalue weighted by atomic mass is 10.1. The second-order valence-corrected chi connectivity index (χ2v) is 14.5. The molecule has 14 heteroatoms. The lowest BCUT2D eigenvalue weighted by molar-refractivity contribution is -0.131. The number of aromatic nitrogens is 1. The first kappa shape index (κ1) is 71.7. The number of hydrogen-bond acceptors (Lipinski definition) is 8. The van der Waals surface area contributed by atoms with E-state index >= 15 is 0 Å². The van der Waals surface area contributed by atoms with E-state index in [9.17, 15) is 4.79 Å². The van der Waals surface area contributed by atoms with Crippen molar-refractivity contribution in [1.29, 1.82) is 0 Å². The van der Waals surface area contributed by atoms with Crippen molar-refractivity contribution >= 4 is 35.2 Å². The van der Waals surface area contributed by atoms with E-state index in [4.69, 9.17) is 30.9 Å². The van der Waals surface area contributed by atoms with Gasteiger partial charge in [0.05, 0.1) is 6.26 Å². The van der Waals surface area contributed by atoms with Crippen LogP contribution in [0.25, 0.3) is 43.5 Å². The number of carbonyl (C=O) groups is 1. The number of allylic oxidation sites excluding steroid dienone is 2. The molecule has 0 spiro atoms. The predicted octanol–water partition coefficient (Wildman–Crippen LogP) is 21.4. The van der Waals surface area contributed by atoms with Gasteiger partial charge in [-0.25, -0.2) is 0 Å². The zero-order chi connectivity index (χ0) is 58.2. The molecule has 2 heterocycles. The molecule has 2 aromatic heterocycles. The number of phenolic OH excluding ortho intramolecular Hbond substituents is 1. The van der Waals surface area contributed by atoms with Gasteiger partial charge in [-0.05, 0) is 118 Å². The zero-order valence-electron chi connectivity index (χ0n) is 47.1. The van der Waals surface area contributed by atoms with E-state index in [0.717, 1.165) is 22.5 Å². The number of phenols is 1. The Hall–Kier alpha value is -9.57. The van der Waals surface area contributed by atoms with Gasteiger partial charge in [-0.2, -0.15) is 0 Å². The van der Waals surface area contributed by atoms with Gasteiger partial charge in [0.25, 0.3) is 0 Å². The second-order valence-electron chi connectivity index (χ2n) is 14.5. The quantitative estimate of drug-likeness (QED) is 0.0563. The van der Waals surface area contributed by atoms with E-state index in [1.807, 2.05) is 198 Å². The normalized spacial score (nSPS) is 8.38. The summed E-state index contributed by atoms with van der Waals surface area (Å²) in [4.78, 5) is 22.2. The number of aryl methyl sites for hydroxylation is 3. The summed E-state index contributed by atoms with van der Waals surface area (Å²) >= 11 is 0. The van der Waals surface area contributed by atoms with Crippen LogP contribution in [0.1, 0.15) is 97.3 Å². The average molecular weight is 1040 g/mol. The maximum atomic E-state index is 10.4. The zero-order valence-corrected chi connectivity index (χ0v) is 47.1. The number of ether oxygens (including phenoxy) is 1. The number of nitrogens with zero attached hydrogens (tertiary/aromatic N) is 10. The maximum Gasteiger partial charge on any atom is 0.308 e. The number of aromatic hydroxyl groups is 1. The Bertz CT molecular complexity index is 2720. The van der Waals surface area contributed by atoms with Crippen LogP contribution in [-0.4, -0.2) is 16.1 Å². The summed E-state index contributed by atoms with van der Waals surface area (Å²) in [6.07, 6.45) is 11.2. The van der Waals surface area contributed by atoms with Crippen molar-refractivity contribution in [3.63, 3.8) is 0 Å². The van der Waals surface area contributed by atoms with Crippen molar-refractivity contribution in [2.45, 2.75) is 90.0 Å². The summed E-state index contributed by atoms with van der Waals surface area (Å²) in [6.45, 7) is 25.4. The van der Waals surface area contributed by atoms with E-state index in [-0.39, 0.29) is 5.97 Å². The maximum absolute atomic E-state index is 10.4. The van der Waals surface area contributed by atoms with Crippen LogP contribution in [0.5, 0.6) is 11.5 Å². The number of para-hydroxylation sites is 2. The molecule has 0 saturated heterocycles. The Morgan fingerprint density at radius 2 is 0.909 bits per heavy atom. The van der Waals surface area contributed by atoms with Crippen LogP contribution in [0.3, 0.4) is 0 Å². The third-order valence-corrected chi connectivity index (χ3v) is 8.05. The van der Waals surface area contributed by atoms with Gasteiger partial charge in [0.2, 0.25) is 0 Å². The highest BCUT2D eigenvalue weighted by Crippen LogP contribution is 2.16. The van der Waals surface area contributed by atoms with Gasteiger partial charge >= 0.3 is 5.97 Å². The highest BCUT2D eigenvalue weighted by Gasteiger charge is 1.93. The first-order valence-corrected chi connectivity index (χ1v) is 24.9. The van der Waals surface area contributed by atoms with Gasteiger partial charge in [0.1, 0.15) is 17.3 Å². The molecule has 0 bridgehead atoms. The summed E-state index contributed by atoms with van der Waals surface area (Å²) in [5, 5.41) is 19.0. The van der Waals surface area contributed by atoms with Crippen LogP contribution in [0.2, 0.25) is 0 Å². The Balaban J connectivity index is -0.000000810. The molecule has 0 atom stereocenters. The Labute approximate surface area is 458 Å². The number of azide groups is 3. The molecule has 0 radical (unpaired) electrons. The van der Waals surface area contributed by atoms with Crippen molar-refractivity contribution in [2.75, 3.05) is 0 Å². The Kier molecular flexibility index (Phi) is 49.1. The molecule has 1 N–H and O–H groups in total. The molecule has 0 amide bonds. The summed E-state index contributed by atoms with van der Waals surface area (Å²) < 4.78 is 9.61. The van der Waals surface area contributed by atoms with E-state index in [0.29, 0.717) is 28.6 Å². The lowest BCUT2D eigenvalue weighted by Gasteiger charge is -1.97. The van der Waals surface area contributed by atoms with Crippen molar-refractivity contribution in [3.8, 4) is 11.5 Å². The van der Waals surface area contributed by atoms with Crippen molar-refractivity contribution < 1.29 is 19.1 Å². The molecule has 0 fully saturated rings. The van der Waals surface area contributed by atoms with Crippen molar-refractivity contribution in [3.05, 3.63) is 284 Å². The Morgan fingerprint density at radius 1 is 0.519 bits per heavy atom. The smallest absolute Gasteiger partial charge is 0.308 e. The summed E-state index contributed by atoms with van der Waals surface area (Å²) in [5.41, 5.74) is 32.3. The molecule has 0 aliphatic carbocycles. The molecule has 77 heavy (non-hydrogen) atoms. The molecule has 0 saturated carbocycles. The highest BCUT2D eigenvalue weighted by molar-refractivity contribution is 5.69. The number of benzene rings is 6. The molecular weight excluding hydrogens is 961 g/mol. The number of furan rings is 1. The topological polar surface area (TPSA) is 219 Å². The van der Waals surface area contributed by atoms with Gasteiger partial charge in [-0.15, -0.1) is 0 Å². The third kappa shape index (κ3) is 46.0. The van der Waals surface area contributed by atoms with Crippen LogP contribution < -0.4 is 4.74 Å². The number of carbonyl (C=O) groups excluding carboxylic acids is 1. The van der Waals surface area contributed by atoms with Gasteiger partial charge in [-0.1, -0.05) is 237 Å². The third-order valence-electron chi connectivity index (χ3n) is 8.05.